The minimum Gasteiger partial charge on any atom is -0.374 e. The van der Waals surface area contributed by atoms with Crippen LogP contribution in [0.15, 0.2) is 30.6 Å². The topological polar surface area (TPSA) is 57.8 Å². The van der Waals surface area contributed by atoms with Crippen molar-refractivity contribution in [1.29, 1.82) is 0 Å². The number of rotatable bonds is 3. The molecule has 19 heavy (non-hydrogen) atoms. The molecule has 1 aliphatic heterocycles. The lowest BCUT2D eigenvalue weighted by atomic mass is 10.1. The predicted molar refractivity (Wildman–Crippen MR) is 70.5 cm³/mol. The van der Waals surface area contributed by atoms with Gasteiger partial charge in [0.25, 0.3) is 0 Å². The van der Waals surface area contributed by atoms with Gasteiger partial charge in [0, 0.05) is 37.5 Å². The monoisotopic (exact) mass is 259 g/mol. The molecule has 0 radical (unpaired) electrons. The Kier molecular flexibility index (Phi) is 3.21. The quantitative estimate of drug-likeness (QED) is 0.901. The van der Waals surface area contributed by atoms with Crippen LogP contribution in [0.4, 0.5) is 0 Å². The Bertz CT molecular complexity index is 593. The van der Waals surface area contributed by atoms with Crippen LogP contribution in [0.5, 0.6) is 0 Å². The molecular weight excluding hydrogens is 242 g/mol. The third-order valence-electron chi connectivity index (χ3n) is 3.64. The number of fused-ring (bicyclic) bond motifs is 1. The van der Waals surface area contributed by atoms with E-state index in [4.69, 9.17) is 0 Å². The lowest BCUT2D eigenvalue weighted by molar-refractivity contribution is -0.146. The maximum atomic E-state index is 11.8. The Balaban J connectivity index is 1.73. The van der Waals surface area contributed by atoms with E-state index in [1.807, 2.05) is 35.0 Å². The number of hydrogen-bond acceptors (Lipinski definition) is 3. The van der Waals surface area contributed by atoms with Crippen LogP contribution >= 0.6 is 0 Å². The number of aliphatic hydroxyl groups excluding tert-OH is 1. The summed E-state index contributed by atoms with van der Waals surface area (Å²) in [5.74, 6) is 0.0487. The SMILES string of the molecule is O=C1CCCC(O)N1CCc1cnc2ccccn12. The zero-order chi connectivity index (χ0) is 13.2. The maximum Gasteiger partial charge on any atom is 0.224 e. The molecular formula is C14H17N3O2. The third-order valence-corrected chi connectivity index (χ3v) is 3.64. The average molecular weight is 259 g/mol. The van der Waals surface area contributed by atoms with Crippen molar-refractivity contribution in [3.8, 4) is 0 Å². The molecule has 1 aliphatic rings. The first-order chi connectivity index (χ1) is 9.25. The van der Waals surface area contributed by atoms with Crippen LogP contribution in [0.3, 0.4) is 0 Å². The lowest BCUT2D eigenvalue weighted by Crippen LogP contribution is -2.44. The number of imidazole rings is 1. The Morgan fingerprint density at radius 3 is 3.16 bits per heavy atom. The van der Waals surface area contributed by atoms with E-state index >= 15 is 0 Å². The fourth-order valence-electron chi connectivity index (χ4n) is 2.58. The van der Waals surface area contributed by atoms with Gasteiger partial charge in [-0.3, -0.25) is 4.79 Å². The van der Waals surface area contributed by atoms with Gasteiger partial charge in [-0.1, -0.05) is 6.07 Å². The summed E-state index contributed by atoms with van der Waals surface area (Å²) in [7, 11) is 0. The van der Waals surface area contributed by atoms with Crippen molar-refractivity contribution in [1.82, 2.24) is 14.3 Å². The highest BCUT2D eigenvalue weighted by atomic mass is 16.3. The Labute approximate surface area is 111 Å². The molecule has 0 bridgehead atoms. The summed E-state index contributed by atoms with van der Waals surface area (Å²) < 4.78 is 2.01. The van der Waals surface area contributed by atoms with Gasteiger partial charge in [-0.2, -0.15) is 0 Å². The summed E-state index contributed by atoms with van der Waals surface area (Å²) in [6.45, 7) is 0.544. The van der Waals surface area contributed by atoms with Gasteiger partial charge in [-0.15, -0.1) is 0 Å². The second-order valence-electron chi connectivity index (χ2n) is 4.89. The molecule has 1 fully saturated rings. The van der Waals surface area contributed by atoms with Crippen LogP contribution in [-0.2, 0) is 11.2 Å². The fraction of sp³-hybridized carbons (Fsp3) is 0.429. The van der Waals surface area contributed by atoms with Crippen LogP contribution in [0.1, 0.15) is 25.0 Å². The summed E-state index contributed by atoms with van der Waals surface area (Å²) in [5, 5.41) is 9.86. The third kappa shape index (κ3) is 2.33. The van der Waals surface area contributed by atoms with Gasteiger partial charge in [0.1, 0.15) is 11.9 Å². The van der Waals surface area contributed by atoms with Crippen LogP contribution in [0, 0.1) is 0 Å². The second-order valence-corrected chi connectivity index (χ2v) is 4.89. The molecule has 1 N–H and O–H groups in total. The Morgan fingerprint density at radius 1 is 1.42 bits per heavy atom. The molecule has 0 aliphatic carbocycles. The zero-order valence-corrected chi connectivity index (χ0v) is 10.7. The summed E-state index contributed by atoms with van der Waals surface area (Å²) >= 11 is 0. The van der Waals surface area contributed by atoms with Crippen LogP contribution in [0.25, 0.3) is 5.65 Å². The van der Waals surface area contributed by atoms with E-state index in [1.54, 1.807) is 4.90 Å². The first-order valence-corrected chi connectivity index (χ1v) is 6.64. The molecule has 5 nitrogen and oxygen atoms in total. The highest BCUT2D eigenvalue weighted by molar-refractivity contribution is 5.77. The summed E-state index contributed by atoms with van der Waals surface area (Å²) in [6.07, 6.45) is 5.88. The smallest absolute Gasteiger partial charge is 0.224 e. The average Bonchev–Trinajstić information content (AvgIpc) is 2.82. The number of piperidine rings is 1. The minimum absolute atomic E-state index is 0.0487. The van der Waals surface area contributed by atoms with Crippen LogP contribution < -0.4 is 0 Å². The van der Waals surface area contributed by atoms with Gasteiger partial charge in [0.2, 0.25) is 5.91 Å². The number of amides is 1. The highest BCUT2D eigenvalue weighted by Crippen LogP contribution is 2.17. The van der Waals surface area contributed by atoms with E-state index < -0.39 is 6.23 Å². The van der Waals surface area contributed by atoms with Gasteiger partial charge in [-0.25, -0.2) is 4.98 Å². The van der Waals surface area contributed by atoms with Crippen molar-refractivity contribution in [3.05, 3.63) is 36.3 Å². The van der Waals surface area contributed by atoms with E-state index in [-0.39, 0.29) is 5.91 Å². The lowest BCUT2D eigenvalue weighted by Gasteiger charge is -2.31. The van der Waals surface area contributed by atoms with Crippen molar-refractivity contribution in [2.75, 3.05) is 6.54 Å². The number of hydrogen-bond donors (Lipinski definition) is 1. The van der Waals surface area contributed by atoms with E-state index in [0.717, 1.165) is 17.8 Å². The first-order valence-electron chi connectivity index (χ1n) is 6.64. The Morgan fingerprint density at radius 2 is 2.32 bits per heavy atom. The molecule has 3 heterocycles. The molecule has 2 aromatic heterocycles. The number of carbonyl (C=O) groups excluding carboxylic acids is 1. The predicted octanol–water partition coefficient (Wildman–Crippen LogP) is 1.21. The number of nitrogens with zero attached hydrogens (tertiary/aromatic N) is 3. The zero-order valence-electron chi connectivity index (χ0n) is 10.7. The van der Waals surface area contributed by atoms with E-state index in [0.29, 0.717) is 25.8 Å². The molecule has 0 aromatic carbocycles. The van der Waals surface area contributed by atoms with Crippen molar-refractivity contribution < 1.29 is 9.90 Å². The maximum absolute atomic E-state index is 11.8. The molecule has 1 atom stereocenters. The molecule has 1 unspecified atom stereocenters. The van der Waals surface area contributed by atoms with E-state index in [1.165, 1.54) is 0 Å². The van der Waals surface area contributed by atoms with Gasteiger partial charge < -0.3 is 14.4 Å². The van der Waals surface area contributed by atoms with Gasteiger partial charge in [0.15, 0.2) is 0 Å². The molecule has 2 aromatic rings. The minimum atomic E-state index is -0.625. The van der Waals surface area contributed by atoms with E-state index in [2.05, 4.69) is 4.98 Å². The molecule has 100 valence electrons. The summed E-state index contributed by atoms with van der Waals surface area (Å²) in [4.78, 5) is 17.7. The van der Waals surface area contributed by atoms with Crippen LogP contribution in [0.2, 0.25) is 0 Å². The first kappa shape index (κ1) is 12.2. The van der Waals surface area contributed by atoms with Crippen molar-refractivity contribution in [2.45, 2.75) is 31.9 Å². The molecule has 5 heteroatoms. The highest BCUT2D eigenvalue weighted by Gasteiger charge is 2.25. The van der Waals surface area contributed by atoms with Crippen molar-refractivity contribution >= 4 is 11.6 Å². The summed E-state index contributed by atoms with van der Waals surface area (Å²) in [6, 6.07) is 5.85. The largest absolute Gasteiger partial charge is 0.374 e. The van der Waals surface area contributed by atoms with Crippen molar-refractivity contribution in [2.24, 2.45) is 0 Å². The van der Waals surface area contributed by atoms with Gasteiger partial charge >= 0.3 is 0 Å². The molecule has 0 spiro atoms. The molecule has 1 amide bonds. The standard InChI is InChI=1S/C14H17N3O2/c18-13-5-3-6-14(19)17(13)9-7-11-10-15-12-4-1-2-8-16(11)12/h1-2,4,8,10,13,18H,3,5-7,9H2. The number of aromatic nitrogens is 2. The molecule has 0 saturated carbocycles. The second kappa shape index (κ2) is 5.01. The Hall–Kier alpha value is -1.88. The van der Waals surface area contributed by atoms with E-state index in [9.17, 15) is 9.90 Å². The number of aliphatic hydroxyl groups is 1. The normalized spacial score (nSPS) is 20.2. The fourth-order valence-corrected chi connectivity index (χ4v) is 2.58. The van der Waals surface area contributed by atoms with Gasteiger partial charge in [-0.05, 0) is 25.0 Å². The number of pyridine rings is 1. The summed E-state index contributed by atoms with van der Waals surface area (Å²) in [5.41, 5.74) is 1.96. The van der Waals surface area contributed by atoms with Crippen LogP contribution in [-0.4, -0.2) is 38.1 Å². The number of carbonyl (C=O) groups is 1. The number of likely N-dealkylation sites (tertiary alicyclic amines) is 1. The molecule has 1 saturated heterocycles. The van der Waals surface area contributed by atoms with Crippen molar-refractivity contribution in [3.63, 3.8) is 0 Å². The van der Waals surface area contributed by atoms with Gasteiger partial charge in [0.05, 0.1) is 0 Å². The molecule has 3 rings (SSSR count).